The van der Waals surface area contributed by atoms with E-state index in [0.717, 1.165) is 23.2 Å². The van der Waals surface area contributed by atoms with Crippen molar-refractivity contribution in [2.75, 3.05) is 5.32 Å². The van der Waals surface area contributed by atoms with Crippen molar-refractivity contribution in [1.29, 1.82) is 0 Å². The van der Waals surface area contributed by atoms with Crippen LogP contribution in [0.5, 0.6) is 0 Å². The van der Waals surface area contributed by atoms with E-state index in [1.165, 1.54) is 30.6 Å². The van der Waals surface area contributed by atoms with E-state index in [4.69, 9.17) is 0 Å². The Hall–Kier alpha value is -2.74. The van der Waals surface area contributed by atoms with Gasteiger partial charge in [0.1, 0.15) is 11.0 Å². The van der Waals surface area contributed by atoms with Crippen molar-refractivity contribution < 1.29 is 9.59 Å². The number of carbonyl (C=O) groups excluding carboxylic acids is 2. The highest BCUT2D eigenvalue weighted by atomic mass is 32.1. The fourth-order valence-corrected chi connectivity index (χ4v) is 4.34. The first kappa shape index (κ1) is 17.7. The summed E-state index contributed by atoms with van der Waals surface area (Å²) in [7, 11) is 0. The number of fused-ring (bicyclic) bond motifs is 1. The van der Waals surface area contributed by atoms with Crippen molar-refractivity contribution in [2.24, 2.45) is 0 Å². The molecule has 140 valence electrons. The molecule has 7 nitrogen and oxygen atoms in total. The fraction of sp³-hybridized carbons (Fsp3) is 0.368. The maximum Gasteiger partial charge on any atom is 0.256 e. The van der Waals surface area contributed by atoms with Crippen LogP contribution in [-0.4, -0.2) is 33.3 Å². The number of anilines is 1. The zero-order valence-corrected chi connectivity index (χ0v) is 15.6. The highest BCUT2D eigenvalue weighted by molar-refractivity contribution is 7.10. The van der Waals surface area contributed by atoms with E-state index in [0.29, 0.717) is 16.8 Å². The molecule has 2 amide bonds. The van der Waals surface area contributed by atoms with E-state index in [1.807, 2.05) is 5.38 Å². The Morgan fingerprint density at radius 3 is 2.78 bits per heavy atom. The molecule has 3 aromatic rings. The van der Waals surface area contributed by atoms with Crippen LogP contribution >= 0.6 is 11.3 Å². The van der Waals surface area contributed by atoms with Gasteiger partial charge in [-0.1, -0.05) is 19.3 Å². The molecule has 0 spiro atoms. The fourth-order valence-electron chi connectivity index (χ4n) is 3.47. The minimum Gasteiger partial charge on any atom is -0.353 e. The molecule has 1 aliphatic carbocycles. The largest absolute Gasteiger partial charge is 0.353 e. The number of rotatable bonds is 5. The SMILES string of the molecule is O=C(Cc1sccc1C(=O)Nc1ccc2n[nH]nc2c1)NC1CCCCC1. The normalized spacial score (nSPS) is 15.0. The standard InChI is InChI=1S/C19H21N5O2S/c25-18(20-12-4-2-1-3-5-12)11-17-14(8-9-27-17)19(26)21-13-6-7-15-16(10-13)23-24-22-15/h6-10,12H,1-5,11H2,(H,20,25)(H,21,26)(H,22,23,24). The van der Waals surface area contributed by atoms with Gasteiger partial charge in [0.25, 0.3) is 5.91 Å². The number of H-pyrrole nitrogens is 1. The molecule has 27 heavy (non-hydrogen) atoms. The third-order valence-corrected chi connectivity index (χ3v) is 5.78. The van der Waals surface area contributed by atoms with Crippen LogP contribution in [0.4, 0.5) is 5.69 Å². The van der Waals surface area contributed by atoms with Crippen molar-refractivity contribution >= 4 is 39.9 Å². The van der Waals surface area contributed by atoms with Crippen LogP contribution in [0.25, 0.3) is 11.0 Å². The molecule has 4 rings (SSSR count). The second kappa shape index (κ2) is 7.87. The van der Waals surface area contributed by atoms with Gasteiger partial charge in [0.05, 0.1) is 12.0 Å². The molecule has 2 heterocycles. The van der Waals surface area contributed by atoms with Crippen LogP contribution in [0.3, 0.4) is 0 Å². The lowest BCUT2D eigenvalue weighted by atomic mass is 9.95. The quantitative estimate of drug-likeness (QED) is 0.629. The molecular weight excluding hydrogens is 362 g/mol. The van der Waals surface area contributed by atoms with Gasteiger partial charge in [0, 0.05) is 16.6 Å². The summed E-state index contributed by atoms with van der Waals surface area (Å²) in [5.74, 6) is -0.234. The summed E-state index contributed by atoms with van der Waals surface area (Å²) in [6.07, 6.45) is 5.93. The Morgan fingerprint density at radius 2 is 1.93 bits per heavy atom. The lowest BCUT2D eigenvalue weighted by molar-refractivity contribution is -0.121. The minimum atomic E-state index is -0.223. The van der Waals surface area contributed by atoms with Crippen LogP contribution < -0.4 is 10.6 Å². The van der Waals surface area contributed by atoms with Gasteiger partial charge in [-0.15, -0.1) is 11.3 Å². The van der Waals surface area contributed by atoms with E-state index < -0.39 is 0 Å². The molecule has 8 heteroatoms. The van der Waals surface area contributed by atoms with Gasteiger partial charge in [-0.3, -0.25) is 9.59 Å². The Bertz CT molecular complexity index is 958. The average molecular weight is 383 g/mol. The van der Waals surface area contributed by atoms with E-state index in [-0.39, 0.29) is 24.3 Å². The van der Waals surface area contributed by atoms with Crippen LogP contribution in [0, 0.1) is 0 Å². The third-order valence-electron chi connectivity index (χ3n) is 4.86. The monoisotopic (exact) mass is 383 g/mol. The summed E-state index contributed by atoms with van der Waals surface area (Å²) in [6, 6.07) is 7.37. The predicted octanol–water partition coefficient (Wildman–Crippen LogP) is 3.26. The van der Waals surface area contributed by atoms with Gasteiger partial charge in [-0.2, -0.15) is 15.4 Å². The Labute approximate surface area is 160 Å². The van der Waals surface area contributed by atoms with E-state index in [1.54, 1.807) is 24.3 Å². The number of hydrogen-bond acceptors (Lipinski definition) is 5. The van der Waals surface area contributed by atoms with E-state index in [9.17, 15) is 9.59 Å². The number of carbonyl (C=O) groups is 2. The molecule has 1 aliphatic rings. The molecule has 0 unspecified atom stereocenters. The molecule has 0 aliphatic heterocycles. The number of amides is 2. The average Bonchev–Trinajstić information content (AvgIpc) is 3.31. The van der Waals surface area contributed by atoms with Crippen molar-refractivity contribution in [3.05, 3.63) is 40.1 Å². The molecule has 0 atom stereocenters. The number of nitrogens with one attached hydrogen (secondary N) is 3. The number of benzene rings is 1. The van der Waals surface area contributed by atoms with Gasteiger partial charge >= 0.3 is 0 Å². The number of thiophene rings is 1. The lowest BCUT2D eigenvalue weighted by Gasteiger charge is -2.22. The molecule has 0 saturated heterocycles. The molecule has 3 N–H and O–H groups in total. The van der Waals surface area contributed by atoms with Gasteiger partial charge < -0.3 is 10.6 Å². The summed E-state index contributed by atoms with van der Waals surface area (Å²) in [4.78, 5) is 25.8. The van der Waals surface area contributed by atoms with Crippen LogP contribution in [0.2, 0.25) is 0 Å². The maximum absolute atomic E-state index is 12.7. The van der Waals surface area contributed by atoms with Crippen molar-refractivity contribution in [3.63, 3.8) is 0 Å². The Kier molecular flexibility index (Phi) is 5.15. The first-order valence-corrected chi connectivity index (χ1v) is 10.0. The number of aromatic amines is 1. The predicted molar refractivity (Wildman–Crippen MR) is 105 cm³/mol. The molecule has 0 bridgehead atoms. The number of nitrogens with zero attached hydrogens (tertiary/aromatic N) is 2. The van der Waals surface area contributed by atoms with Crippen molar-refractivity contribution in [3.8, 4) is 0 Å². The molecular formula is C19H21N5O2S. The van der Waals surface area contributed by atoms with E-state index in [2.05, 4.69) is 26.0 Å². The highest BCUT2D eigenvalue weighted by Crippen LogP contribution is 2.22. The summed E-state index contributed by atoms with van der Waals surface area (Å²) < 4.78 is 0. The zero-order chi connectivity index (χ0) is 18.6. The van der Waals surface area contributed by atoms with Gasteiger partial charge in [-0.25, -0.2) is 0 Å². The first-order chi connectivity index (χ1) is 13.2. The van der Waals surface area contributed by atoms with Gasteiger partial charge in [0.2, 0.25) is 5.91 Å². The lowest BCUT2D eigenvalue weighted by Crippen LogP contribution is -2.37. The second-order valence-electron chi connectivity index (χ2n) is 6.82. The number of aromatic nitrogens is 3. The van der Waals surface area contributed by atoms with Crippen LogP contribution in [-0.2, 0) is 11.2 Å². The molecule has 2 aromatic heterocycles. The second-order valence-corrected chi connectivity index (χ2v) is 7.82. The summed E-state index contributed by atoms with van der Waals surface area (Å²) in [5.41, 5.74) is 2.61. The first-order valence-electron chi connectivity index (χ1n) is 9.16. The highest BCUT2D eigenvalue weighted by Gasteiger charge is 2.19. The number of hydrogen-bond donors (Lipinski definition) is 3. The molecule has 1 saturated carbocycles. The van der Waals surface area contributed by atoms with E-state index >= 15 is 0 Å². The van der Waals surface area contributed by atoms with Gasteiger partial charge in [0.15, 0.2) is 0 Å². The maximum atomic E-state index is 12.7. The molecule has 1 fully saturated rings. The third kappa shape index (κ3) is 4.16. The van der Waals surface area contributed by atoms with Crippen molar-refractivity contribution in [1.82, 2.24) is 20.7 Å². The molecule has 1 aromatic carbocycles. The van der Waals surface area contributed by atoms with Crippen LogP contribution in [0.15, 0.2) is 29.6 Å². The Balaban J connectivity index is 1.41. The summed E-state index contributed by atoms with van der Waals surface area (Å²) in [5, 5.41) is 18.4. The van der Waals surface area contributed by atoms with Crippen LogP contribution in [0.1, 0.15) is 47.3 Å². The molecule has 0 radical (unpaired) electrons. The zero-order valence-electron chi connectivity index (χ0n) is 14.8. The minimum absolute atomic E-state index is 0.0117. The summed E-state index contributed by atoms with van der Waals surface area (Å²) >= 11 is 1.43. The smallest absolute Gasteiger partial charge is 0.256 e. The Morgan fingerprint density at radius 1 is 1.11 bits per heavy atom. The topological polar surface area (TPSA) is 99.8 Å². The van der Waals surface area contributed by atoms with Gasteiger partial charge in [-0.05, 0) is 42.5 Å². The van der Waals surface area contributed by atoms with Crippen molar-refractivity contribution in [2.45, 2.75) is 44.6 Å². The summed E-state index contributed by atoms with van der Waals surface area (Å²) in [6.45, 7) is 0.